The highest BCUT2D eigenvalue weighted by Gasteiger charge is 2.24. The van der Waals surface area contributed by atoms with E-state index in [9.17, 15) is 9.59 Å². The lowest BCUT2D eigenvalue weighted by Crippen LogP contribution is -2.33. The number of carbonyl (C=O) groups excluding carboxylic acids is 2. The molecule has 0 saturated carbocycles. The second-order valence-electron chi connectivity index (χ2n) is 7.54. The number of nitrogens with zero attached hydrogens (tertiary/aromatic N) is 5. The predicted molar refractivity (Wildman–Crippen MR) is 118 cm³/mol. The van der Waals surface area contributed by atoms with Gasteiger partial charge in [-0.05, 0) is 47.8 Å². The fraction of sp³-hybridized carbons (Fsp3) is 0.304. The SMILES string of the molecule is CCC1=CC2N=CC(CN3CC=C(c4ccc(C(=O)NC#N)nc4)CC3)=CC2=NC1=O. The number of nitriles is 1. The smallest absolute Gasteiger partial charge is 0.282 e. The number of amides is 2. The molecule has 1 N–H and O–H groups in total. The molecule has 0 aromatic carbocycles. The number of hydrogen-bond acceptors (Lipinski definition) is 6. The molecule has 1 unspecified atom stereocenters. The topological polar surface area (TPSA) is 111 Å². The van der Waals surface area contributed by atoms with Crippen molar-refractivity contribution in [3.8, 4) is 6.19 Å². The average Bonchev–Trinajstić information content (AvgIpc) is 2.79. The number of carbonyl (C=O) groups is 2. The summed E-state index contributed by atoms with van der Waals surface area (Å²) in [5, 5.41) is 10.6. The van der Waals surface area contributed by atoms with Crippen molar-refractivity contribution in [2.75, 3.05) is 19.6 Å². The van der Waals surface area contributed by atoms with Crippen molar-refractivity contribution < 1.29 is 9.59 Å². The molecule has 0 bridgehead atoms. The lowest BCUT2D eigenvalue weighted by Gasteiger charge is -2.28. The van der Waals surface area contributed by atoms with Crippen molar-refractivity contribution in [1.29, 1.82) is 5.26 Å². The van der Waals surface area contributed by atoms with E-state index in [0.717, 1.165) is 48.5 Å². The van der Waals surface area contributed by atoms with Gasteiger partial charge in [0.15, 0.2) is 6.19 Å². The zero-order chi connectivity index (χ0) is 21.8. The van der Waals surface area contributed by atoms with E-state index in [0.29, 0.717) is 6.42 Å². The monoisotopic (exact) mass is 414 g/mol. The molecule has 0 spiro atoms. The number of aliphatic imine (C=N–C) groups is 2. The third-order valence-electron chi connectivity index (χ3n) is 5.52. The van der Waals surface area contributed by atoms with Gasteiger partial charge >= 0.3 is 0 Å². The quantitative estimate of drug-likeness (QED) is 0.586. The summed E-state index contributed by atoms with van der Waals surface area (Å²) in [4.78, 5) is 38.9. The van der Waals surface area contributed by atoms with E-state index >= 15 is 0 Å². The van der Waals surface area contributed by atoms with Crippen LogP contribution in [-0.2, 0) is 4.79 Å². The van der Waals surface area contributed by atoms with Crippen LogP contribution in [0, 0.1) is 11.5 Å². The minimum Gasteiger partial charge on any atom is -0.295 e. The maximum absolute atomic E-state index is 12.0. The molecule has 31 heavy (non-hydrogen) atoms. The molecular weight excluding hydrogens is 392 g/mol. The van der Waals surface area contributed by atoms with Gasteiger partial charge in [0.2, 0.25) is 0 Å². The van der Waals surface area contributed by atoms with E-state index in [-0.39, 0.29) is 17.6 Å². The van der Waals surface area contributed by atoms with Gasteiger partial charge in [0.05, 0.1) is 5.71 Å². The Balaban J connectivity index is 1.37. The van der Waals surface area contributed by atoms with E-state index in [4.69, 9.17) is 5.26 Å². The van der Waals surface area contributed by atoms with E-state index in [1.807, 2.05) is 31.4 Å². The summed E-state index contributed by atoms with van der Waals surface area (Å²) in [6.45, 7) is 4.35. The molecule has 4 rings (SSSR count). The molecule has 0 radical (unpaired) electrons. The van der Waals surface area contributed by atoms with Crippen LogP contribution in [0.4, 0.5) is 0 Å². The van der Waals surface area contributed by atoms with Gasteiger partial charge in [-0.3, -0.25) is 29.8 Å². The van der Waals surface area contributed by atoms with Gasteiger partial charge < -0.3 is 0 Å². The van der Waals surface area contributed by atoms with Gasteiger partial charge in [-0.2, -0.15) is 5.26 Å². The number of aromatic nitrogens is 1. The van der Waals surface area contributed by atoms with Crippen molar-refractivity contribution in [2.24, 2.45) is 9.98 Å². The number of fused-ring (bicyclic) bond motifs is 1. The van der Waals surface area contributed by atoms with Crippen LogP contribution in [-0.4, -0.2) is 59.3 Å². The van der Waals surface area contributed by atoms with Crippen LogP contribution in [0.25, 0.3) is 5.57 Å². The maximum atomic E-state index is 12.0. The zero-order valence-electron chi connectivity index (χ0n) is 17.2. The number of dihydropyridines is 2. The number of pyridine rings is 1. The summed E-state index contributed by atoms with van der Waals surface area (Å²) in [6, 6.07) is 3.34. The third-order valence-corrected chi connectivity index (χ3v) is 5.52. The van der Waals surface area contributed by atoms with Gasteiger partial charge in [0, 0.05) is 37.6 Å². The van der Waals surface area contributed by atoms with Gasteiger partial charge in [-0.25, -0.2) is 4.99 Å². The lowest BCUT2D eigenvalue weighted by molar-refractivity contribution is -0.114. The minimum absolute atomic E-state index is 0.144. The predicted octanol–water partition coefficient (Wildman–Crippen LogP) is 2.08. The van der Waals surface area contributed by atoms with Crippen LogP contribution in [0.1, 0.15) is 35.8 Å². The molecule has 4 heterocycles. The molecule has 1 aromatic rings. The largest absolute Gasteiger partial charge is 0.295 e. The molecule has 1 atom stereocenters. The molecule has 156 valence electrons. The molecule has 0 aliphatic carbocycles. The summed E-state index contributed by atoms with van der Waals surface area (Å²) in [7, 11) is 0. The first-order chi connectivity index (χ1) is 15.1. The van der Waals surface area contributed by atoms with E-state index < -0.39 is 5.91 Å². The van der Waals surface area contributed by atoms with Crippen molar-refractivity contribution >= 4 is 29.3 Å². The molecule has 2 amide bonds. The molecule has 3 aliphatic rings. The van der Waals surface area contributed by atoms with Gasteiger partial charge in [0.1, 0.15) is 11.7 Å². The standard InChI is InChI=1S/C23H22N6O2/c1-2-16-10-20-21(28-22(16)30)9-15(11-25-20)13-29-7-5-17(6-8-29)18-3-4-19(26-12-18)23(31)27-14-24/h3-5,9-12,20H,2,6-8,13H2,1H3,(H,27,31). The van der Waals surface area contributed by atoms with Crippen molar-refractivity contribution in [1.82, 2.24) is 15.2 Å². The molecule has 8 heteroatoms. The molecule has 0 saturated heterocycles. The van der Waals surface area contributed by atoms with Crippen LogP contribution in [0.3, 0.4) is 0 Å². The number of nitrogens with one attached hydrogen (secondary N) is 1. The Labute approximate surface area is 180 Å². The Bertz CT molecular complexity index is 1100. The fourth-order valence-corrected chi connectivity index (χ4v) is 3.81. The summed E-state index contributed by atoms with van der Waals surface area (Å²) in [5.74, 6) is -0.662. The van der Waals surface area contributed by atoms with Crippen molar-refractivity contribution in [2.45, 2.75) is 25.8 Å². The molecule has 1 aromatic heterocycles. The first-order valence-corrected chi connectivity index (χ1v) is 10.2. The highest BCUT2D eigenvalue weighted by Crippen LogP contribution is 2.23. The highest BCUT2D eigenvalue weighted by atomic mass is 16.2. The first-order valence-electron chi connectivity index (χ1n) is 10.2. The summed E-state index contributed by atoms with van der Waals surface area (Å²) >= 11 is 0. The highest BCUT2D eigenvalue weighted by molar-refractivity contribution is 6.16. The summed E-state index contributed by atoms with van der Waals surface area (Å²) < 4.78 is 0. The Kier molecular flexibility index (Phi) is 5.96. The second kappa shape index (κ2) is 8.98. The lowest BCUT2D eigenvalue weighted by atomic mass is 9.97. The number of hydrogen-bond donors (Lipinski definition) is 1. The Morgan fingerprint density at radius 2 is 2.26 bits per heavy atom. The molecule has 0 fully saturated rings. The zero-order valence-corrected chi connectivity index (χ0v) is 17.2. The molecule has 8 nitrogen and oxygen atoms in total. The van der Waals surface area contributed by atoms with Crippen molar-refractivity contribution in [3.63, 3.8) is 0 Å². The second-order valence-corrected chi connectivity index (χ2v) is 7.54. The summed E-state index contributed by atoms with van der Waals surface area (Å²) in [5.41, 5.74) is 4.87. The van der Waals surface area contributed by atoms with Crippen molar-refractivity contribution in [3.05, 3.63) is 59.0 Å². The van der Waals surface area contributed by atoms with Gasteiger partial charge in [-0.15, -0.1) is 0 Å². The minimum atomic E-state index is -0.506. The van der Waals surface area contributed by atoms with Crippen LogP contribution in [0.15, 0.2) is 57.7 Å². The average molecular weight is 414 g/mol. The van der Waals surface area contributed by atoms with Gasteiger partial charge in [-0.1, -0.05) is 19.1 Å². The number of rotatable bonds is 5. The molecule has 3 aliphatic heterocycles. The first kappa shape index (κ1) is 20.6. The third kappa shape index (κ3) is 4.57. The van der Waals surface area contributed by atoms with E-state index in [1.54, 1.807) is 18.5 Å². The van der Waals surface area contributed by atoms with Gasteiger partial charge in [0.25, 0.3) is 11.8 Å². The molecular formula is C23H22N6O2. The summed E-state index contributed by atoms with van der Waals surface area (Å²) in [6.07, 6.45) is 12.7. The normalized spacial score (nSPS) is 20.6. The fourth-order valence-electron chi connectivity index (χ4n) is 3.81. The Hall–Kier alpha value is -3.70. The van der Waals surface area contributed by atoms with Crippen LogP contribution < -0.4 is 5.32 Å². The Morgan fingerprint density at radius 1 is 1.39 bits per heavy atom. The van der Waals surface area contributed by atoms with Crippen LogP contribution in [0.5, 0.6) is 0 Å². The Morgan fingerprint density at radius 3 is 2.94 bits per heavy atom. The van der Waals surface area contributed by atoms with E-state index in [1.165, 1.54) is 5.57 Å². The van der Waals surface area contributed by atoms with E-state index in [2.05, 4.69) is 31.3 Å². The van der Waals surface area contributed by atoms with Crippen LogP contribution >= 0.6 is 0 Å². The van der Waals surface area contributed by atoms with Crippen LogP contribution in [0.2, 0.25) is 0 Å². The maximum Gasteiger partial charge on any atom is 0.282 e.